The van der Waals surface area contributed by atoms with E-state index in [0.29, 0.717) is 11.5 Å². The van der Waals surface area contributed by atoms with Gasteiger partial charge in [0, 0.05) is 12.1 Å². The van der Waals surface area contributed by atoms with Crippen molar-refractivity contribution < 1.29 is 0 Å². The molecule has 2 heteroatoms. The minimum absolute atomic E-state index is 0.559. The lowest BCUT2D eigenvalue weighted by molar-refractivity contribution is 0.141. The summed E-state index contributed by atoms with van der Waals surface area (Å²) in [5, 5.41) is 3.90. The molecule has 20 heavy (non-hydrogen) atoms. The third-order valence-corrected chi connectivity index (χ3v) is 5.20. The normalized spacial score (nSPS) is 27.8. The van der Waals surface area contributed by atoms with Crippen molar-refractivity contribution in [1.82, 2.24) is 10.2 Å². The molecular formula is C18H38N2. The molecule has 0 bridgehead atoms. The van der Waals surface area contributed by atoms with Gasteiger partial charge in [0.25, 0.3) is 0 Å². The van der Waals surface area contributed by atoms with Crippen molar-refractivity contribution in [2.24, 2.45) is 11.3 Å². The van der Waals surface area contributed by atoms with Crippen LogP contribution in [-0.2, 0) is 0 Å². The van der Waals surface area contributed by atoms with Crippen molar-refractivity contribution in [3.8, 4) is 0 Å². The summed E-state index contributed by atoms with van der Waals surface area (Å²) in [6.07, 6.45) is 6.73. The second-order valence-electron chi connectivity index (χ2n) is 7.73. The fourth-order valence-corrected chi connectivity index (χ4v) is 3.80. The summed E-state index contributed by atoms with van der Waals surface area (Å²) < 4.78 is 0. The van der Waals surface area contributed by atoms with E-state index in [1.165, 1.54) is 51.7 Å². The molecule has 0 spiro atoms. The SMILES string of the molecule is CCN(CC)CCCC(C)NC1CCC(C)(C)CC1C. The molecule has 0 aromatic rings. The molecule has 0 aliphatic heterocycles. The zero-order valence-corrected chi connectivity index (χ0v) is 14.8. The lowest BCUT2D eigenvalue weighted by atomic mass is 9.70. The van der Waals surface area contributed by atoms with E-state index in [-0.39, 0.29) is 0 Å². The maximum Gasteiger partial charge on any atom is 0.00955 e. The van der Waals surface area contributed by atoms with Crippen LogP contribution < -0.4 is 5.32 Å². The van der Waals surface area contributed by atoms with Crippen molar-refractivity contribution in [3.63, 3.8) is 0 Å². The van der Waals surface area contributed by atoms with Gasteiger partial charge in [-0.2, -0.15) is 0 Å². The molecule has 1 N–H and O–H groups in total. The molecule has 1 saturated carbocycles. The average Bonchev–Trinajstić information content (AvgIpc) is 2.37. The minimum atomic E-state index is 0.559. The molecule has 0 aromatic carbocycles. The quantitative estimate of drug-likeness (QED) is 0.714. The maximum atomic E-state index is 3.90. The average molecular weight is 283 g/mol. The Bertz CT molecular complexity index is 258. The second kappa shape index (κ2) is 8.38. The van der Waals surface area contributed by atoms with E-state index in [1.54, 1.807) is 0 Å². The third-order valence-electron chi connectivity index (χ3n) is 5.20. The fourth-order valence-electron chi connectivity index (χ4n) is 3.80. The highest BCUT2D eigenvalue weighted by Gasteiger charge is 2.32. The first-order valence-electron chi connectivity index (χ1n) is 8.86. The molecule has 1 aliphatic carbocycles. The highest BCUT2D eigenvalue weighted by atomic mass is 15.1. The standard InChI is InChI=1S/C18H38N2/c1-7-20(8-2)13-9-10-16(4)19-17-11-12-18(5,6)14-15(17)3/h15-17,19H,7-14H2,1-6H3. The van der Waals surface area contributed by atoms with E-state index in [1.807, 2.05) is 0 Å². The van der Waals surface area contributed by atoms with E-state index in [4.69, 9.17) is 0 Å². The summed E-state index contributed by atoms with van der Waals surface area (Å²) in [6, 6.07) is 1.41. The summed E-state index contributed by atoms with van der Waals surface area (Å²) in [5.74, 6) is 0.823. The van der Waals surface area contributed by atoms with Gasteiger partial charge in [-0.25, -0.2) is 0 Å². The number of nitrogens with one attached hydrogen (secondary N) is 1. The predicted molar refractivity (Wildman–Crippen MR) is 90.2 cm³/mol. The van der Waals surface area contributed by atoms with Crippen LogP contribution in [0, 0.1) is 11.3 Å². The molecule has 0 heterocycles. The molecule has 3 unspecified atom stereocenters. The third kappa shape index (κ3) is 6.13. The number of nitrogens with zero attached hydrogens (tertiary/aromatic N) is 1. The lowest BCUT2D eigenvalue weighted by Gasteiger charge is -2.40. The monoisotopic (exact) mass is 282 g/mol. The Morgan fingerprint density at radius 3 is 2.45 bits per heavy atom. The predicted octanol–water partition coefficient (Wildman–Crippen LogP) is 4.30. The van der Waals surface area contributed by atoms with Gasteiger partial charge < -0.3 is 10.2 Å². The Kier molecular flexibility index (Phi) is 7.53. The van der Waals surface area contributed by atoms with Crippen molar-refractivity contribution >= 4 is 0 Å². The Hall–Kier alpha value is -0.0800. The van der Waals surface area contributed by atoms with E-state index in [0.717, 1.165) is 12.0 Å². The van der Waals surface area contributed by atoms with Gasteiger partial charge >= 0.3 is 0 Å². The van der Waals surface area contributed by atoms with Crippen LogP contribution in [0.4, 0.5) is 0 Å². The number of hydrogen-bond acceptors (Lipinski definition) is 2. The van der Waals surface area contributed by atoms with Gasteiger partial charge in [0.15, 0.2) is 0 Å². The molecule has 0 aromatic heterocycles. The summed E-state index contributed by atoms with van der Waals surface area (Å²) in [6.45, 7) is 17.8. The van der Waals surface area contributed by atoms with Crippen molar-refractivity contribution in [2.75, 3.05) is 19.6 Å². The lowest BCUT2D eigenvalue weighted by Crippen LogP contribution is -2.45. The molecule has 0 saturated heterocycles. The molecular weight excluding hydrogens is 244 g/mol. The van der Waals surface area contributed by atoms with Crippen molar-refractivity contribution in [2.45, 2.75) is 85.7 Å². The first kappa shape index (κ1) is 18.0. The molecule has 120 valence electrons. The van der Waals surface area contributed by atoms with Crippen LogP contribution in [0.15, 0.2) is 0 Å². The van der Waals surface area contributed by atoms with E-state index < -0.39 is 0 Å². The highest BCUT2D eigenvalue weighted by Crippen LogP contribution is 2.38. The van der Waals surface area contributed by atoms with Gasteiger partial charge in [-0.1, -0.05) is 34.6 Å². The number of hydrogen-bond donors (Lipinski definition) is 1. The van der Waals surface area contributed by atoms with E-state index in [2.05, 4.69) is 51.8 Å². The molecule has 0 radical (unpaired) electrons. The summed E-state index contributed by atoms with van der Waals surface area (Å²) >= 11 is 0. The van der Waals surface area contributed by atoms with Crippen LogP contribution in [0.3, 0.4) is 0 Å². The second-order valence-corrected chi connectivity index (χ2v) is 7.73. The Morgan fingerprint density at radius 2 is 1.90 bits per heavy atom. The van der Waals surface area contributed by atoms with Crippen LogP contribution in [0.1, 0.15) is 73.6 Å². The Labute approximate surface area is 127 Å². The molecule has 0 amide bonds. The van der Waals surface area contributed by atoms with E-state index in [9.17, 15) is 0 Å². The summed E-state index contributed by atoms with van der Waals surface area (Å²) in [7, 11) is 0. The topological polar surface area (TPSA) is 15.3 Å². The van der Waals surface area contributed by atoms with Gasteiger partial charge in [-0.15, -0.1) is 0 Å². The van der Waals surface area contributed by atoms with Crippen LogP contribution >= 0.6 is 0 Å². The first-order chi connectivity index (χ1) is 9.38. The van der Waals surface area contributed by atoms with Crippen LogP contribution in [0.2, 0.25) is 0 Å². The minimum Gasteiger partial charge on any atom is -0.311 e. The summed E-state index contributed by atoms with van der Waals surface area (Å²) in [5.41, 5.74) is 0.559. The zero-order valence-electron chi connectivity index (χ0n) is 14.8. The van der Waals surface area contributed by atoms with Gasteiger partial charge in [-0.05, 0) is 70.0 Å². The van der Waals surface area contributed by atoms with Crippen LogP contribution in [-0.4, -0.2) is 36.6 Å². The highest BCUT2D eigenvalue weighted by molar-refractivity contribution is 4.87. The van der Waals surface area contributed by atoms with Gasteiger partial charge in [-0.3, -0.25) is 0 Å². The van der Waals surface area contributed by atoms with Gasteiger partial charge in [0.2, 0.25) is 0 Å². The first-order valence-corrected chi connectivity index (χ1v) is 8.86. The van der Waals surface area contributed by atoms with Gasteiger partial charge in [0.05, 0.1) is 0 Å². The van der Waals surface area contributed by atoms with E-state index >= 15 is 0 Å². The smallest absolute Gasteiger partial charge is 0.00955 e. The largest absolute Gasteiger partial charge is 0.311 e. The molecule has 2 nitrogen and oxygen atoms in total. The molecule has 1 aliphatic rings. The zero-order chi connectivity index (χ0) is 15.2. The molecule has 1 fully saturated rings. The van der Waals surface area contributed by atoms with Crippen molar-refractivity contribution in [1.29, 1.82) is 0 Å². The Morgan fingerprint density at radius 1 is 1.25 bits per heavy atom. The fraction of sp³-hybridized carbons (Fsp3) is 1.00. The van der Waals surface area contributed by atoms with Crippen LogP contribution in [0.25, 0.3) is 0 Å². The Balaban J connectivity index is 2.23. The van der Waals surface area contributed by atoms with Crippen molar-refractivity contribution in [3.05, 3.63) is 0 Å². The summed E-state index contributed by atoms with van der Waals surface area (Å²) in [4.78, 5) is 2.53. The molecule has 3 atom stereocenters. The maximum absolute atomic E-state index is 3.90. The number of rotatable bonds is 8. The van der Waals surface area contributed by atoms with Crippen LogP contribution in [0.5, 0.6) is 0 Å². The van der Waals surface area contributed by atoms with Gasteiger partial charge in [0.1, 0.15) is 0 Å². The molecule has 1 rings (SSSR count).